The fraction of sp³-hybridized carbons (Fsp3) is 0.625. The van der Waals surface area contributed by atoms with Crippen LogP contribution in [0.5, 0.6) is 0 Å². The Balaban J connectivity index is 2.14. The SMILES string of the molecule is Cc1ccc(N2CC(CC(C)C)NCC2C)cc1Cl. The minimum Gasteiger partial charge on any atom is -0.366 e. The fourth-order valence-electron chi connectivity index (χ4n) is 2.78. The van der Waals surface area contributed by atoms with Crippen molar-refractivity contribution in [1.82, 2.24) is 5.32 Å². The zero-order valence-electron chi connectivity index (χ0n) is 12.4. The predicted octanol–water partition coefficient (Wildman–Crippen LogP) is 3.86. The maximum Gasteiger partial charge on any atom is 0.0455 e. The van der Waals surface area contributed by atoms with Gasteiger partial charge in [0.2, 0.25) is 0 Å². The first-order chi connectivity index (χ1) is 8.97. The molecule has 1 aromatic carbocycles. The van der Waals surface area contributed by atoms with E-state index in [9.17, 15) is 0 Å². The molecule has 0 aromatic heterocycles. The highest BCUT2D eigenvalue weighted by Crippen LogP contribution is 2.26. The van der Waals surface area contributed by atoms with Crippen LogP contribution in [0.15, 0.2) is 18.2 Å². The number of hydrogen-bond acceptors (Lipinski definition) is 2. The van der Waals surface area contributed by atoms with E-state index >= 15 is 0 Å². The zero-order chi connectivity index (χ0) is 14.0. The Labute approximate surface area is 122 Å². The summed E-state index contributed by atoms with van der Waals surface area (Å²) in [6, 6.07) is 7.50. The Bertz CT molecular complexity index is 431. The lowest BCUT2D eigenvalue weighted by Crippen LogP contribution is -2.55. The molecule has 1 aliphatic heterocycles. The standard InChI is InChI=1S/C16H25ClN2/c1-11(2)7-14-10-19(13(4)9-18-14)15-6-5-12(3)16(17)8-15/h5-6,8,11,13-14,18H,7,9-10H2,1-4H3. The summed E-state index contributed by atoms with van der Waals surface area (Å²) in [4.78, 5) is 2.48. The second-order valence-electron chi connectivity index (χ2n) is 6.17. The minimum absolute atomic E-state index is 0.516. The number of aryl methyl sites for hydroxylation is 1. The molecule has 1 fully saturated rings. The van der Waals surface area contributed by atoms with Crippen LogP contribution in [-0.2, 0) is 0 Å². The molecule has 1 aromatic rings. The third-order valence-corrected chi connectivity index (χ3v) is 4.30. The van der Waals surface area contributed by atoms with Crippen LogP contribution in [0, 0.1) is 12.8 Å². The van der Waals surface area contributed by atoms with Crippen molar-refractivity contribution in [2.75, 3.05) is 18.0 Å². The zero-order valence-corrected chi connectivity index (χ0v) is 13.2. The van der Waals surface area contributed by atoms with E-state index in [1.54, 1.807) is 0 Å². The number of halogens is 1. The Kier molecular flexibility index (Phi) is 4.75. The van der Waals surface area contributed by atoms with Gasteiger partial charge >= 0.3 is 0 Å². The summed E-state index contributed by atoms with van der Waals surface area (Å²) in [7, 11) is 0. The summed E-state index contributed by atoms with van der Waals surface area (Å²) in [5.41, 5.74) is 2.39. The number of nitrogens with zero attached hydrogens (tertiary/aromatic N) is 1. The molecule has 0 spiro atoms. The highest BCUT2D eigenvalue weighted by molar-refractivity contribution is 6.31. The smallest absolute Gasteiger partial charge is 0.0455 e. The number of hydrogen-bond donors (Lipinski definition) is 1. The van der Waals surface area contributed by atoms with Gasteiger partial charge in [0.05, 0.1) is 0 Å². The molecule has 1 N–H and O–H groups in total. The van der Waals surface area contributed by atoms with E-state index in [0.717, 1.165) is 29.6 Å². The summed E-state index contributed by atoms with van der Waals surface area (Å²) in [6.07, 6.45) is 1.23. The lowest BCUT2D eigenvalue weighted by atomic mass is 9.99. The second kappa shape index (κ2) is 6.15. The number of nitrogens with one attached hydrogen (secondary N) is 1. The van der Waals surface area contributed by atoms with Crippen LogP contribution in [0.2, 0.25) is 5.02 Å². The fourth-order valence-corrected chi connectivity index (χ4v) is 2.95. The van der Waals surface area contributed by atoms with Gasteiger partial charge in [0.1, 0.15) is 0 Å². The van der Waals surface area contributed by atoms with Crippen molar-refractivity contribution in [3.05, 3.63) is 28.8 Å². The summed E-state index contributed by atoms with van der Waals surface area (Å²) >= 11 is 6.26. The van der Waals surface area contributed by atoms with Crippen molar-refractivity contribution >= 4 is 17.3 Å². The maximum atomic E-state index is 6.26. The van der Waals surface area contributed by atoms with E-state index in [0.29, 0.717) is 12.1 Å². The summed E-state index contributed by atoms with van der Waals surface area (Å²) in [6.45, 7) is 11.0. The first-order valence-electron chi connectivity index (χ1n) is 7.23. The van der Waals surface area contributed by atoms with Crippen LogP contribution in [0.1, 0.15) is 32.8 Å². The molecule has 0 aliphatic carbocycles. The molecule has 19 heavy (non-hydrogen) atoms. The third kappa shape index (κ3) is 3.64. The van der Waals surface area contributed by atoms with Gasteiger partial charge in [0.15, 0.2) is 0 Å². The van der Waals surface area contributed by atoms with Crippen molar-refractivity contribution in [1.29, 1.82) is 0 Å². The largest absolute Gasteiger partial charge is 0.366 e. The third-order valence-electron chi connectivity index (χ3n) is 3.89. The molecular formula is C16H25ClN2. The van der Waals surface area contributed by atoms with Crippen LogP contribution < -0.4 is 10.2 Å². The average Bonchev–Trinajstić information content (AvgIpc) is 2.34. The molecule has 2 unspecified atom stereocenters. The van der Waals surface area contributed by atoms with E-state index in [1.807, 2.05) is 0 Å². The molecule has 0 saturated carbocycles. The van der Waals surface area contributed by atoms with Crippen molar-refractivity contribution in [3.63, 3.8) is 0 Å². The van der Waals surface area contributed by atoms with E-state index in [4.69, 9.17) is 11.6 Å². The van der Waals surface area contributed by atoms with Crippen LogP contribution in [-0.4, -0.2) is 25.2 Å². The van der Waals surface area contributed by atoms with Crippen LogP contribution in [0.25, 0.3) is 0 Å². The first kappa shape index (κ1) is 14.7. The van der Waals surface area contributed by atoms with Gasteiger partial charge in [-0.3, -0.25) is 0 Å². The number of anilines is 1. The lowest BCUT2D eigenvalue weighted by molar-refractivity contribution is 0.356. The summed E-state index contributed by atoms with van der Waals surface area (Å²) in [5.74, 6) is 0.731. The summed E-state index contributed by atoms with van der Waals surface area (Å²) in [5, 5.41) is 4.52. The van der Waals surface area contributed by atoms with Gasteiger partial charge in [0.25, 0.3) is 0 Å². The molecule has 3 heteroatoms. The quantitative estimate of drug-likeness (QED) is 0.904. The Morgan fingerprint density at radius 1 is 1.42 bits per heavy atom. The van der Waals surface area contributed by atoms with Crippen molar-refractivity contribution in [2.45, 2.75) is 46.2 Å². The molecule has 1 saturated heterocycles. The molecule has 1 heterocycles. The average molecular weight is 281 g/mol. The van der Waals surface area contributed by atoms with Gasteiger partial charge in [-0.25, -0.2) is 0 Å². The van der Waals surface area contributed by atoms with E-state index in [-0.39, 0.29) is 0 Å². The second-order valence-corrected chi connectivity index (χ2v) is 6.58. The normalized spacial score (nSPS) is 24.0. The Hall–Kier alpha value is -0.730. The van der Waals surface area contributed by atoms with Crippen molar-refractivity contribution in [3.8, 4) is 0 Å². The number of rotatable bonds is 3. The van der Waals surface area contributed by atoms with E-state index < -0.39 is 0 Å². The first-order valence-corrected chi connectivity index (χ1v) is 7.61. The molecule has 2 nitrogen and oxygen atoms in total. The molecule has 0 radical (unpaired) electrons. The summed E-state index contributed by atoms with van der Waals surface area (Å²) < 4.78 is 0. The number of benzene rings is 1. The minimum atomic E-state index is 0.516. The molecule has 1 aliphatic rings. The van der Waals surface area contributed by atoms with Gasteiger partial charge in [-0.1, -0.05) is 31.5 Å². The van der Waals surface area contributed by atoms with Crippen LogP contribution in [0.3, 0.4) is 0 Å². The van der Waals surface area contributed by atoms with Gasteiger partial charge in [0, 0.05) is 35.9 Å². The molecule has 0 amide bonds. The molecule has 106 valence electrons. The van der Waals surface area contributed by atoms with Crippen LogP contribution in [0.4, 0.5) is 5.69 Å². The lowest BCUT2D eigenvalue weighted by Gasteiger charge is -2.41. The molecular weight excluding hydrogens is 256 g/mol. The van der Waals surface area contributed by atoms with Gasteiger partial charge in [-0.15, -0.1) is 0 Å². The van der Waals surface area contributed by atoms with E-state index in [1.165, 1.54) is 12.1 Å². The van der Waals surface area contributed by atoms with Gasteiger partial charge < -0.3 is 10.2 Å². The van der Waals surface area contributed by atoms with Gasteiger partial charge in [-0.05, 0) is 43.9 Å². The van der Waals surface area contributed by atoms with Crippen molar-refractivity contribution < 1.29 is 0 Å². The Morgan fingerprint density at radius 3 is 2.79 bits per heavy atom. The highest BCUT2D eigenvalue weighted by Gasteiger charge is 2.25. The van der Waals surface area contributed by atoms with Crippen LogP contribution >= 0.6 is 11.6 Å². The monoisotopic (exact) mass is 280 g/mol. The molecule has 2 rings (SSSR count). The maximum absolute atomic E-state index is 6.26. The van der Waals surface area contributed by atoms with E-state index in [2.05, 4.69) is 56.1 Å². The number of piperazine rings is 1. The van der Waals surface area contributed by atoms with Gasteiger partial charge in [-0.2, -0.15) is 0 Å². The topological polar surface area (TPSA) is 15.3 Å². The molecule has 0 bridgehead atoms. The Morgan fingerprint density at radius 2 is 2.16 bits per heavy atom. The highest BCUT2D eigenvalue weighted by atomic mass is 35.5. The van der Waals surface area contributed by atoms with Crippen molar-refractivity contribution in [2.24, 2.45) is 5.92 Å². The molecule has 2 atom stereocenters. The predicted molar refractivity (Wildman–Crippen MR) is 84.2 cm³/mol.